The standard InChI is InChI=1S/C7H5ISe/c8-7-4-5-2-1-3-6(5)9-7/h1-4,7H. The summed E-state index contributed by atoms with van der Waals surface area (Å²) < 4.78 is 2.39. The molecule has 0 aromatic heterocycles. The van der Waals surface area contributed by atoms with Gasteiger partial charge < -0.3 is 0 Å². The number of halogens is 1. The van der Waals surface area contributed by atoms with Crippen LogP contribution >= 0.6 is 22.6 Å². The molecular formula is C7H5ISe. The maximum atomic E-state index is 2.50. The van der Waals surface area contributed by atoms with Crippen LogP contribution in [-0.4, -0.2) is 17.8 Å². The number of rotatable bonds is 0. The van der Waals surface area contributed by atoms with Gasteiger partial charge in [0.15, 0.2) is 0 Å². The van der Waals surface area contributed by atoms with E-state index in [1.807, 2.05) is 0 Å². The van der Waals surface area contributed by atoms with E-state index in [-0.39, 0.29) is 0 Å². The van der Waals surface area contributed by atoms with Gasteiger partial charge in [0.25, 0.3) is 0 Å². The van der Waals surface area contributed by atoms with Gasteiger partial charge in [-0.25, -0.2) is 0 Å². The molecule has 0 saturated heterocycles. The van der Waals surface area contributed by atoms with Crippen molar-refractivity contribution in [3.05, 3.63) is 34.3 Å². The molecule has 1 atom stereocenters. The fourth-order valence-electron chi connectivity index (χ4n) is 0.959. The Morgan fingerprint density at radius 2 is 2.44 bits per heavy atom. The normalized spacial score (nSPS) is 30.1. The van der Waals surface area contributed by atoms with Crippen LogP contribution in [0.1, 0.15) is 0 Å². The van der Waals surface area contributed by atoms with Crippen LogP contribution in [0.2, 0.25) is 0 Å². The first-order valence-electron chi connectivity index (χ1n) is 2.77. The zero-order chi connectivity index (χ0) is 6.27. The molecule has 1 unspecified atom stereocenters. The summed E-state index contributed by atoms with van der Waals surface area (Å²) in [6, 6.07) is 0. The molecule has 2 rings (SSSR count). The fraction of sp³-hybridized carbons (Fsp3) is 0.143. The number of alkyl halides is 1. The molecule has 46 valence electrons. The van der Waals surface area contributed by atoms with E-state index < -0.39 is 0 Å². The molecule has 0 radical (unpaired) electrons. The molecule has 2 aliphatic rings. The van der Waals surface area contributed by atoms with Crippen molar-refractivity contribution in [1.82, 2.24) is 0 Å². The van der Waals surface area contributed by atoms with Crippen molar-refractivity contribution >= 4 is 37.5 Å². The number of fused-ring (bicyclic) bond motifs is 1. The van der Waals surface area contributed by atoms with Crippen molar-refractivity contribution in [2.24, 2.45) is 0 Å². The van der Waals surface area contributed by atoms with Crippen LogP contribution in [0.5, 0.6) is 0 Å². The van der Waals surface area contributed by atoms with Crippen LogP contribution in [0.15, 0.2) is 34.3 Å². The van der Waals surface area contributed by atoms with E-state index in [1.165, 1.54) is 5.57 Å². The van der Waals surface area contributed by atoms with Crippen LogP contribution in [0.4, 0.5) is 0 Å². The first kappa shape index (κ1) is 6.20. The Balaban J connectivity index is 2.40. The van der Waals surface area contributed by atoms with E-state index in [0.717, 1.165) is 17.8 Å². The Morgan fingerprint density at radius 1 is 1.56 bits per heavy atom. The molecule has 0 aromatic rings. The number of hydrogen-bond acceptors (Lipinski definition) is 0. The van der Waals surface area contributed by atoms with Crippen molar-refractivity contribution in [2.75, 3.05) is 0 Å². The maximum absolute atomic E-state index is 2.50. The average molecular weight is 295 g/mol. The van der Waals surface area contributed by atoms with E-state index in [0.29, 0.717) is 0 Å². The summed E-state index contributed by atoms with van der Waals surface area (Å²) in [5.41, 5.74) is 1.48. The monoisotopic (exact) mass is 296 g/mol. The SMILES string of the molecule is IC1C=C2C=CC=C2[Se]1. The van der Waals surface area contributed by atoms with E-state index in [1.54, 1.807) is 4.47 Å². The molecule has 9 heavy (non-hydrogen) atoms. The summed E-state index contributed by atoms with van der Waals surface area (Å²) >= 11 is 3.22. The summed E-state index contributed by atoms with van der Waals surface area (Å²) in [6.45, 7) is 0. The van der Waals surface area contributed by atoms with Gasteiger partial charge in [-0.15, -0.1) is 0 Å². The van der Waals surface area contributed by atoms with Crippen molar-refractivity contribution in [3.8, 4) is 0 Å². The predicted molar refractivity (Wildman–Crippen MR) is 48.9 cm³/mol. The Kier molecular flexibility index (Phi) is 1.55. The Bertz CT molecular complexity index is 225. The predicted octanol–water partition coefficient (Wildman–Crippen LogP) is 1.85. The molecular weight excluding hydrogens is 290 g/mol. The van der Waals surface area contributed by atoms with Crippen LogP contribution < -0.4 is 0 Å². The summed E-state index contributed by atoms with van der Waals surface area (Å²) in [6.07, 6.45) is 8.95. The van der Waals surface area contributed by atoms with E-state index in [4.69, 9.17) is 0 Å². The summed E-state index contributed by atoms with van der Waals surface area (Å²) in [5.74, 6) is 0. The molecule has 1 aliphatic carbocycles. The van der Waals surface area contributed by atoms with Crippen molar-refractivity contribution in [1.29, 1.82) is 0 Å². The Hall–Kier alpha value is 0.469. The molecule has 0 amide bonds. The van der Waals surface area contributed by atoms with Gasteiger partial charge in [-0.05, 0) is 0 Å². The van der Waals surface area contributed by atoms with Gasteiger partial charge in [0.05, 0.1) is 0 Å². The van der Waals surface area contributed by atoms with E-state index in [2.05, 4.69) is 46.9 Å². The third-order valence-electron chi connectivity index (χ3n) is 1.36. The van der Waals surface area contributed by atoms with Crippen LogP contribution in [0.3, 0.4) is 0 Å². The second kappa shape index (κ2) is 2.26. The summed E-state index contributed by atoms with van der Waals surface area (Å²) in [7, 11) is 0. The van der Waals surface area contributed by atoms with Crippen molar-refractivity contribution in [2.45, 2.75) is 2.82 Å². The van der Waals surface area contributed by atoms with Gasteiger partial charge in [0.1, 0.15) is 0 Å². The zero-order valence-electron chi connectivity index (χ0n) is 4.67. The van der Waals surface area contributed by atoms with Gasteiger partial charge in [-0.3, -0.25) is 0 Å². The molecule has 1 aliphatic heterocycles. The molecule has 2 heteroatoms. The van der Waals surface area contributed by atoms with Crippen molar-refractivity contribution in [3.63, 3.8) is 0 Å². The summed E-state index contributed by atoms with van der Waals surface area (Å²) in [5, 5.41) is 0. The number of hydrogen-bond donors (Lipinski definition) is 0. The van der Waals surface area contributed by atoms with Crippen molar-refractivity contribution < 1.29 is 0 Å². The molecule has 0 nitrogen and oxygen atoms in total. The third kappa shape index (κ3) is 1.04. The molecule has 0 fully saturated rings. The first-order chi connectivity index (χ1) is 4.36. The van der Waals surface area contributed by atoms with Gasteiger partial charge in [-0.2, -0.15) is 0 Å². The average Bonchev–Trinajstić information content (AvgIpc) is 2.22. The second-order valence-electron chi connectivity index (χ2n) is 1.98. The quantitative estimate of drug-likeness (QED) is 0.363. The van der Waals surface area contributed by atoms with Crippen LogP contribution in [0.25, 0.3) is 0 Å². The molecule has 0 N–H and O–H groups in total. The molecule has 0 aromatic carbocycles. The van der Waals surface area contributed by atoms with Crippen LogP contribution in [-0.2, 0) is 0 Å². The van der Waals surface area contributed by atoms with Gasteiger partial charge in [0, 0.05) is 0 Å². The second-order valence-corrected chi connectivity index (χ2v) is 7.70. The van der Waals surface area contributed by atoms with Gasteiger partial charge >= 0.3 is 74.7 Å². The Labute approximate surface area is 74.4 Å². The van der Waals surface area contributed by atoms with E-state index >= 15 is 0 Å². The number of allylic oxidation sites excluding steroid dienone is 6. The van der Waals surface area contributed by atoms with Crippen LogP contribution in [0, 0.1) is 0 Å². The molecule has 0 bridgehead atoms. The molecule has 0 saturated carbocycles. The molecule has 1 heterocycles. The summed E-state index contributed by atoms with van der Waals surface area (Å²) in [4.78, 5) is 0. The topological polar surface area (TPSA) is 0 Å². The minimum absolute atomic E-state index is 0.722. The van der Waals surface area contributed by atoms with Gasteiger partial charge in [0.2, 0.25) is 0 Å². The first-order valence-corrected chi connectivity index (χ1v) is 5.87. The fourth-order valence-corrected chi connectivity index (χ4v) is 4.63. The van der Waals surface area contributed by atoms with Gasteiger partial charge in [-0.1, -0.05) is 0 Å². The third-order valence-corrected chi connectivity index (χ3v) is 5.11. The molecule has 0 spiro atoms. The van der Waals surface area contributed by atoms with E-state index in [9.17, 15) is 0 Å². The minimum atomic E-state index is 0.722. The Morgan fingerprint density at radius 3 is 3.22 bits per heavy atom. The zero-order valence-corrected chi connectivity index (χ0v) is 8.54.